The van der Waals surface area contributed by atoms with E-state index in [0.717, 1.165) is 44.6 Å². The monoisotopic (exact) mass is 643 g/mol. The number of thiophene rings is 1. The van der Waals surface area contributed by atoms with Crippen LogP contribution in [0.25, 0.3) is 75.1 Å². The fourth-order valence-electron chi connectivity index (χ4n) is 7.36. The van der Waals surface area contributed by atoms with Gasteiger partial charge in [-0.25, -0.2) is 0 Å². The van der Waals surface area contributed by atoms with Crippen molar-refractivity contribution < 1.29 is 4.42 Å². The van der Waals surface area contributed by atoms with Gasteiger partial charge in [-0.3, -0.25) is 0 Å². The number of para-hydroxylation sites is 2. The van der Waals surface area contributed by atoms with E-state index in [0.29, 0.717) is 0 Å². The SMILES string of the molecule is c1cc(-c2cccc(N(c3ccc4sc5ccccc5c4c3)c3cccc4c3oc3ccccc34)c2)cc(-c2cccc3ccccc23)c1. The minimum absolute atomic E-state index is 0.877. The van der Waals surface area contributed by atoms with Crippen LogP contribution in [0.4, 0.5) is 17.1 Å². The van der Waals surface area contributed by atoms with Gasteiger partial charge in [0.1, 0.15) is 5.58 Å². The maximum atomic E-state index is 6.63. The zero-order chi connectivity index (χ0) is 32.3. The minimum Gasteiger partial charge on any atom is -0.454 e. The Bertz CT molecular complexity index is 2850. The summed E-state index contributed by atoms with van der Waals surface area (Å²) in [4.78, 5) is 2.36. The smallest absolute Gasteiger partial charge is 0.159 e. The van der Waals surface area contributed by atoms with Crippen molar-refractivity contribution in [2.24, 2.45) is 0 Å². The van der Waals surface area contributed by atoms with Gasteiger partial charge in [0, 0.05) is 42.3 Å². The zero-order valence-corrected chi connectivity index (χ0v) is 27.3. The molecule has 0 fully saturated rings. The number of rotatable bonds is 5. The zero-order valence-electron chi connectivity index (χ0n) is 26.5. The predicted octanol–water partition coefficient (Wildman–Crippen LogP) is 13.9. The largest absolute Gasteiger partial charge is 0.454 e. The summed E-state index contributed by atoms with van der Waals surface area (Å²) in [5, 5.41) is 7.29. The molecule has 0 atom stereocenters. The van der Waals surface area contributed by atoms with Crippen LogP contribution in [0.5, 0.6) is 0 Å². The van der Waals surface area contributed by atoms with Gasteiger partial charge in [-0.05, 0) is 87.6 Å². The molecule has 2 aromatic heterocycles. The van der Waals surface area contributed by atoms with Gasteiger partial charge in [0.05, 0.1) is 5.69 Å². The van der Waals surface area contributed by atoms with Crippen LogP contribution >= 0.6 is 11.3 Å². The van der Waals surface area contributed by atoms with E-state index in [4.69, 9.17) is 4.42 Å². The first-order chi connectivity index (χ1) is 24.3. The summed E-state index contributed by atoms with van der Waals surface area (Å²) in [7, 11) is 0. The average Bonchev–Trinajstić information content (AvgIpc) is 3.74. The number of anilines is 3. The number of hydrogen-bond donors (Lipinski definition) is 0. The Morgan fingerprint density at radius 2 is 1.06 bits per heavy atom. The number of nitrogens with zero attached hydrogens (tertiary/aromatic N) is 1. The molecule has 0 aliphatic rings. The summed E-state index contributed by atoms with van der Waals surface area (Å²) >= 11 is 1.84. The molecule has 0 amide bonds. The van der Waals surface area contributed by atoms with Crippen LogP contribution < -0.4 is 4.90 Å². The van der Waals surface area contributed by atoms with Gasteiger partial charge in [0.15, 0.2) is 5.58 Å². The number of hydrogen-bond acceptors (Lipinski definition) is 3. The first-order valence-corrected chi connectivity index (χ1v) is 17.4. The van der Waals surface area contributed by atoms with Gasteiger partial charge in [0.25, 0.3) is 0 Å². The Balaban J connectivity index is 1.17. The van der Waals surface area contributed by atoms with Crippen LogP contribution in [0.2, 0.25) is 0 Å². The quantitative estimate of drug-likeness (QED) is 0.186. The van der Waals surface area contributed by atoms with E-state index in [1.54, 1.807) is 0 Å². The average molecular weight is 644 g/mol. The third kappa shape index (κ3) is 4.62. The Morgan fingerprint density at radius 1 is 0.408 bits per heavy atom. The number of benzene rings is 8. The second kappa shape index (κ2) is 11.2. The van der Waals surface area contributed by atoms with E-state index in [-0.39, 0.29) is 0 Å². The highest BCUT2D eigenvalue weighted by atomic mass is 32.1. The van der Waals surface area contributed by atoms with E-state index in [2.05, 4.69) is 175 Å². The van der Waals surface area contributed by atoms with Gasteiger partial charge in [0.2, 0.25) is 0 Å². The van der Waals surface area contributed by atoms with Crippen LogP contribution in [0.1, 0.15) is 0 Å². The molecule has 3 heteroatoms. The molecule has 0 bridgehead atoms. The first-order valence-electron chi connectivity index (χ1n) is 16.6. The second-order valence-corrected chi connectivity index (χ2v) is 13.6. The molecule has 2 nitrogen and oxygen atoms in total. The lowest BCUT2D eigenvalue weighted by molar-refractivity contribution is 0.669. The van der Waals surface area contributed by atoms with Gasteiger partial charge < -0.3 is 9.32 Å². The Morgan fingerprint density at radius 3 is 2.00 bits per heavy atom. The summed E-state index contributed by atoms with van der Waals surface area (Å²) < 4.78 is 9.21. The predicted molar refractivity (Wildman–Crippen MR) is 210 cm³/mol. The van der Waals surface area contributed by atoms with E-state index < -0.39 is 0 Å². The van der Waals surface area contributed by atoms with Gasteiger partial charge in [-0.15, -0.1) is 11.3 Å². The third-order valence-corrected chi connectivity index (χ3v) is 10.8. The first kappa shape index (κ1) is 27.9. The summed E-state index contributed by atoms with van der Waals surface area (Å²) in [5.74, 6) is 0. The molecule has 10 rings (SSSR count). The minimum atomic E-state index is 0.877. The van der Waals surface area contributed by atoms with Crippen molar-refractivity contribution in [3.05, 3.63) is 176 Å². The Kier molecular flexibility index (Phi) is 6.39. The molecule has 49 heavy (non-hydrogen) atoms. The molecule has 0 spiro atoms. The van der Waals surface area contributed by atoms with Crippen molar-refractivity contribution in [1.29, 1.82) is 0 Å². The van der Waals surface area contributed by atoms with Crippen molar-refractivity contribution in [3.63, 3.8) is 0 Å². The van der Waals surface area contributed by atoms with E-state index >= 15 is 0 Å². The van der Waals surface area contributed by atoms with Crippen molar-refractivity contribution in [2.45, 2.75) is 0 Å². The summed E-state index contributed by atoms with van der Waals surface area (Å²) in [6.07, 6.45) is 0. The highest BCUT2D eigenvalue weighted by Gasteiger charge is 2.21. The Labute approximate surface area is 287 Å². The van der Waals surface area contributed by atoms with Crippen molar-refractivity contribution >= 4 is 81.3 Å². The van der Waals surface area contributed by atoms with Crippen LogP contribution in [0, 0.1) is 0 Å². The maximum absolute atomic E-state index is 6.63. The van der Waals surface area contributed by atoms with Gasteiger partial charge in [-0.2, -0.15) is 0 Å². The van der Waals surface area contributed by atoms with Crippen molar-refractivity contribution in [2.75, 3.05) is 4.90 Å². The normalized spacial score (nSPS) is 11.7. The van der Waals surface area contributed by atoms with Crippen LogP contribution in [0.3, 0.4) is 0 Å². The molecule has 230 valence electrons. The lowest BCUT2D eigenvalue weighted by Gasteiger charge is -2.26. The molecule has 0 saturated heterocycles. The molecule has 8 aromatic carbocycles. The molecule has 0 unspecified atom stereocenters. The molecule has 0 aliphatic heterocycles. The third-order valence-electron chi connectivity index (χ3n) is 9.64. The van der Waals surface area contributed by atoms with Crippen molar-refractivity contribution in [1.82, 2.24) is 0 Å². The molecule has 0 saturated carbocycles. The number of fused-ring (bicyclic) bond motifs is 7. The number of furan rings is 1. The molecule has 2 heterocycles. The van der Waals surface area contributed by atoms with Crippen LogP contribution in [0.15, 0.2) is 180 Å². The van der Waals surface area contributed by atoms with Gasteiger partial charge in [-0.1, -0.05) is 121 Å². The molecule has 0 aliphatic carbocycles. The summed E-state index contributed by atoms with van der Waals surface area (Å²) in [5.41, 5.74) is 9.71. The van der Waals surface area contributed by atoms with E-state index in [1.165, 1.54) is 47.6 Å². The topological polar surface area (TPSA) is 16.4 Å². The summed E-state index contributed by atoms with van der Waals surface area (Å²) in [6, 6.07) is 63.3. The van der Waals surface area contributed by atoms with E-state index in [9.17, 15) is 0 Å². The highest BCUT2D eigenvalue weighted by Crippen LogP contribution is 2.45. The van der Waals surface area contributed by atoms with Gasteiger partial charge >= 0.3 is 0 Å². The molecular weight excluding hydrogens is 615 g/mol. The molecule has 0 radical (unpaired) electrons. The Hall–Kier alpha value is -6.16. The maximum Gasteiger partial charge on any atom is 0.159 e. The fraction of sp³-hybridized carbons (Fsp3) is 0. The molecule has 0 N–H and O–H groups in total. The highest BCUT2D eigenvalue weighted by molar-refractivity contribution is 7.25. The van der Waals surface area contributed by atoms with Crippen LogP contribution in [-0.2, 0) is 0 Å². The molecular formula is C46H29NOS. The van der Waals surface area contributed by atoms with Crippen molar-refractivity contribution in [3.8, 4) is 22.3 Å². The van der Waals surface area contributed by atoms with E-state index in [1.807, 2.05) is 17.4 Å². The standard InChI is InChI=1S/C46H29NOS/c1-2-17-36-30(11-1)12-9-20-37(36)33-15-7-13-31(27-33)32-14-8-16-34(28-32)47(35-25-26-45-41(29-35)39-19-4-6-24-44(39)49-45)42-22-10-21-40-38-18-3-5-23-43(38)48-46(40)42/h1-29H. The lowest BCUT2D eigenvalue weighted by atomic mass is 9.95. The second-order valence-electron chi connectivity index (χ2n) is 12.5. The molecule has 10 aromatic rings. The lowest BCUT2D eigenvalue weighted by Crippen LogP contribution is -2.10. The van der Waals surface area contributed by atoms with Crippen LogP contribution in [-0.4, -0.2) is 0 Å². The fourth-order valence-corrected chi connectivity index (χ4v) is 8.44. The summed E-state index contributed by atoms with van der Waals surface area (Å²) in [6.45, 7) is 0.